The highest BCUT2D eigenvalue weighted by molar-refractivity contribution is 5.79. The average Bonchev–Trinajstić information content (AvgIpc) is 3.70. The number of carboxylic acid groups (broad SMARTS) is 1. The van der Waals surface area contributed by atoms with E-state index in [1.54, 1.807) is 7.11 Å². The molecule has 1 aromatic rings. The van der Waals surface area contributed by atoms with E-state index in [0.717, 1.165) is 31.4 Å². The van der Waals surface area contributed by atoms with Crippen LogP contribution in [0.1, 0.15) is 57.9 Å². The number of carboxylic acids is 1. The molecular formula is C31H49N3O8. The van der Waals surface area contributed by atoms with Gasteiger partial charge < -0.3 is 38.6 Å². The number of likely N-dealkylation sites (tertiary alicyclic amines) is 1. The van der Waals surface area contributed by atoms with Gasteiger partial charge in [-0.05, 0) is 57.6 Å². The highest BCUT2D eigenvalue weighted by Gasteiger charge is 2.51. The van der Waals surface area contributed by atoms with Gasteiger partial charge in [0.15, 0.2) is 17.8 Å². The Bertz CT molecular complexity index is 1070. The quantitative estimate of drug-likeness (QED) is 0.326. The molecule has 0 saturated carbocycles. The maximum absolute atomic E-state index is 13.8. The molecule has 0 spiro atoms. The zero-order valence-electron chi connectivity index (χ0n) is 26.1. The Kier molecular flexibility index (Phi) is 11.0. The first-order valence-electron chi connectivity index (χ1n) is 15.2. The van der Waals surface area contributed by atoms with E-state index in [9.17, 15) is 14.7 Å². The lowest BCUT2D eigenvalue weighted by atomic mass is 9.77. The molecule has 4 rings (SSSR count). The third kappa shape index (κ3) is 7.48. The Hall–Kier alpha value is -2.60. The van der Waals surface area contributed by atoms with Crippen LogP contribution in [-0.2, 0) is 19.1 Å². The first-order chi connectivity index (χ1) is 20.1. The van der Waals surface area contributed by atoms with Crippen LogP contribution in [0.3, 0.4) is 0 Å². The van der Waals surface area contributed by atoms with Crippen LogP contribution in [0.5, 0.6) is 17.2 Å². The van der Waals surface area contributed by atoms with Crippen molar-refractivity contribution < 1.29 is 38.4 Å². The first kappa shape index (κ1) is 32.3. The van der Waals surface area contributed by atoms with Gasteiger partial charge >= 0.3 is 5.97 Å². The largest absolute Gasteiger partial charge is 0.493 e. The minimum Gasteiger partial charge on any atom is -0.493 e. The van der Waals surface area contributed by atoms with E-state index < -0.39 is 29.6 Å². The number of hydrogen-bond donors (Lipinski definition) is 1. The van der Waals surface area contributed by atoms with E-state index >= 15 is 0 Å². The number of carbonyl (C=O) groups excluding carboxylic acids is 1. The molecule has 0 radical (unpaired) electrons. The smallest absolute Gasteiger partial charge is 0.308 e. The van der Waals surface area contributed by atoms with Gasteiger partial charge in [-0.2, -0.15) is 0 Å². The summed E-state index contributed by atoms with van der Waals surface area (Å²) < 4.78 is 28.6. The summed E-state index contributed by atoms with van der Waals surface area (Å²) >= 11 is 0. The third-order valence-electron chi connectivity index (χ3n) is 8.64. The summed E-state index contributed by atoms with van der Waals surface area (Å²) in [5.74, 6) is -0.435. The number of ether oxygens (including phenoxy) is 5. The highest BCUT2D eigenvalue weighted by Crippen LogP contribution is 2.48. The number of methoxy groups -OCH3 is 1. The Morgan fingerprint density at radius 1 is 1.10 bits per heavy atom. The van der Waals surface area contributed by atoms with E-state index in [0.29, 0.717) is 56.5 Å². The number of benzene rings is 1. The van der Waals surface area contributed by atoms with Crippen LogP contribution in [0.4, 0.5) is 0 Å². The van der Waals surface area contributed by atoms with Gasteiger partial charge in [0, 0.05) is 37.0 Å². The number of fused-ring (bicyclic) bond motifs is 1. The minimum absolute atomic E-state index is 0.0337. The molecule has 11 heteroatoms. The van der Waals surface area contributed by atoms with Gasteiger partial charge in [-0.3, -0.25) is 14.5 Å². The van der Waals surface area contributed by atoms with Crippen LogP contribution in [0, 0.1) is 11.3 Å². The molecule has 0 bridgehead atoms. The third-order valence-corrected chi connectivity index (χ3v) is 8.64. The summed E-state index contributed by atoms with van der Waals surface area (Å²) in [6.45, 7) is 10.2. The molecule has 3 atom stereocenters. The summed E-state index contributed by atoms with van der Waals surface area (Å²) in [5.41, 5.74) is 0.328. The van der Waals surface area contributed by atoms with Crippen molar-refractivity contribution in [1.82, 2.24) is 14.7 Å². The van der Waals surface area contributed by atoms with E-state index in [1.165, 1.54) is 0 Å². The number of nitrogens with zero attached hydrogens (tertiary/aromatic N) is 3. The van der Waals surface area contributed by atoms with Crippen molar-refractivity contribution in [1.29, 1.82) is 0 Å². The van der Waals surface area contributed by atoms with Crippen molar-refractivity contribution in [2.24, 2.45) is 11.3 Å². The number of unbranched alkanes of at least 4 members (excludes halogenated alkanes) is 1. The topological polar surface area (TPSA) is 110 Å². The molecule has 2 fully saturated rings. The summed E-state index contributed by atoms with van der Waals surface area (Å²) in [5, 5.41) is 10.7. The van der Waals surface area contributed by atoms with Gasteiger partial charge in [-0.15, -0.1) is 0 Å². The van der Waals surface area contributed by atoms with Crippen molar-refractivity contribution in [3.63, 3.8) is 0 Å². The Labute approximate surface area is 250 Å². The summed E-state index contributed by atoms with van der Waals surface area (Å²) in [6, 6.07) is 3.29. The molecule has 3 aliphatic rings. The molecule has 42 heavy (non-hydrogen) atoms. The van der Waals surface area contributed by atoms with Crippen molar-refractivity contribution in [3.05, 3.63) is 17.7 Å². The molecule has 1 amide bonds. The monoisotopic (exact) mass is 591 g/mol. The lowest BCUT2D eigenvalue weighted by molar-refractivity contribution is -0.148. The molecule has 3 heterocycles. The lowest BCUT2D eigenvalue weighted by Crippen LogP contribution is -2.47. The molecule has 2 saturated heterocycles. The number of hydrogen-bond acceptors (Lipinski definition) is 9. The second kappa shape index (κ2) is 14.2. The predicted molar refractivity (Wildman–Crippen MR) is 157 cm³/mol. The van der Waals surface area contributed by atoms with Gasteiger partial charge in [-0.25, -0.2) is 0 Å². The molecule has 236 valence electrons. The first-order valence-corrected chi connectivity index (χ1v) is 15.2. The maximum atomic E-state index is 13.8. The van der Waals surface area contributed by atoms with Crippen LogP contribution in [0.25, 0.3) is 0 Å². The SMILES string of the molecule is CCCCN(CCCN(C)C)C(=O)CN1CC(c2cc(OC)c3c(c2)OCO3)C(C(=O)O)C1CC(C)(C)C1OCCO1. The molecule has 1 N–H and O–H groups in total. The fraction of sp³-hybridized carbons (Fsp3) is 0.742. The second-order valence-electron chi connectivity index (χ2n) is 12.6. The molecule has 3 unspecified atom stereocenters. The number of carbonyl (C=O) groups is 2. The molecule has 3 aliphatic heterocycles. The number of amides is 1. The van der Waals surface area contributed by atoms with Gasteiger partial charge in [-0.1, -0.05) is 27.2 Å². The van der Waals surface area contributed by atoms with Crippen LogP contribution < -0.4 is 14.2 Å². The normalized spacial score (nSPS) is 22.7. The van der Waals surface area contributed by atoms with Gasteiger partial charge in [0.2, 0.25) is 18.4 Å². The molecular weight excluding hydrogens is 542 g/mol. The molecule has 11 nitrogen and oxygen atoms in total. The van der Waals surface area contributed by atoms with Crippen LogP contribution in [-0.4, -0.2) is 118 Å². The van der Waals surface area contributed by atoms with E-state index in [2.05, 4.69) is 16.7 Å². The maximum Gasteiger partial charge on any atom is 0.308 e. The van der Waals surface area contributed by atoms with Gasteiger partial charge in [0.1, 0.15) is 0 Å². The summed E-state index contributed by atoms with van der Waals surface area (Å²) in [6.07, 6.45) is 2.87. The fourth-order valence-electron chi connectivity index (χ4n) is 6.45. The second-order valence-corrected chi connectivity index (χ2v) is 12.6. The van der Waals surface area contributed by atoms with E-state index in [1.807, 2.05) is 45.0 Å². The number of aliphatic carboxylic acids is 1. The van der Waals surface area contributed by atoms with E-state index in [-0.39, 0.29) is 25.2 Å². The van der Waals surface area contributed by atoms with Crippen molar-refractivity contribution in [3.8, 4) is 17.2 Å². The predicted octanol–water partition coefficient (Wildman–Crippen LogP) is 3.26. The highest BCUT2D eigenvalue weighted by atomic mass is 16.7. The van der Waals surface area contributed by atoms with E-state index in [4.69, 9.17) is 23.7 Å². The lowest BCUT2D eigenvalue weighted by Gasteiger charge is -2.37. The Morgan fingerprint density at radius 3 is 2.45 bits per heavy atom. The Morgan fingerprint density at radius 2 is 1.81 bits per heavy atom. The van der Waals surface area contributed by atoms with Crippen molar-refractivity contribution >= 4 is 11.9 Å². The van der Waals surface area contributed by atoms with Gasteiger partial charge in [0.25, 0.3) is 0 Å². The minimum atomic E-state index is -0.894. The Balaban J connectivity index is 1.64. The van der Waals surface area contributed by atoms with Gasteiger partial charge in [0.05, 0.1) is 32.8 Å². The van der Waals surface area contributed by atoms with Crippen molar-refractivity contribution in [2.75, 3.05) is 73.9 Å². The standard InChI is InChI=1S/C31H49N3O8/c1-7-8-11-33(12-9-10-32(4)5)26(35)19-34-18-22(21-15-24(38-6)28-25(16-21)41-20-42-28)27(29(36)37)23(34)17-31(2,3)30-39-13-14-40-30/h15-16,22-23,27,30H,7-14,17-20H2,1-6H3,(H,36,37). The summed E-state index contributed by atoms with van der Waals surface area (Å²) in [4.78, 5) is 33.0. The average molecular weight is 592 g/mol. The molecule has 0 aliphatic carbocycles. The van der Waals surface area contributed by atoms with Crippen LogP contribution in [0.15, 0.2) is 12.1 Å². The van der Waals surface area contributed by atoms with Crippen molar-refractivity contribution in [2.45, 2.75) is 64.7 Å². The summed E-state index contributed by atoms with van der Waals surface area (Å²) in [7, 11) is 5.62. The van der Waals surface area contributed by atoms with Crippen LogP contribution >= 0.6 is 0 Å². The zero-order chi connectivity index (χ0) is 30.4. The fourth-order valence-corrected chi connectivity index (χ4v) is 6.45. The number of rotatable bonds is 15. The zero-order valence-corrected chi connectivity index (χ0v) is 26.1. The van der Waals surface area contributed by atoms with Crippen LogP contribution in [0.2, 0.25) is 0 Å². The molecule has 1 aromatic carbocycles. The molecule has 0 aromatic heterocycles.